The molecule has 0 aliphatic carbocycles. The first-order valence-electron chi connectivity index (χ1n) is 6.78. The molecular formula is C17H20N2O2. The molecule has 0 spiro atoms. The summed E-state index contributed by atoms with van der Waals surface area (Å²) in [6, 6.07) is 14.4. The predicted octanol–water partition coefficient (Wildman–Crippen LogP) is 2.73. The first-order chi connectivity index (χ1) is 9.97. The number of phenolic OH excluding ortho intramolecular Hbond substituents is 1. The van der Waals surface area contributed by atoms with Gasteiger partial charge in [-0.05, 0) is 35.9 Å². The van der Waals surface area contributed by atoms with Gasteiger partial charge < -0.3 is 14.9 Å². The van der Waals surface area contributed by atoms with Crippen LogP contribution in [0, 0.1) is 0 Å². The van der Waals surface area contributed by atoms with Gasteiger partial charge in [0.15, 0.2) is 0 Å². The molecule has 0 unspecified atom stereocenters. The molecule has 0 aromatic heterocycles. The Balaban J connectivity index is 2.11. The SMILES string of the molecule is CN(Cc1ccc(O)cc1)C(=O)c1cccc(N(C)C)c1. The zero-order valence-corrected chi connectivity index (χ0v) is 12.6. The third kappa shape index (κ3) is 3.75. The molecule has 0 radical (unpaired) electrons. The lowest BCUT2D eigenvalue weighted by Crippen LogP contribution is -2.26. The summed E-state index contributed by atoms with van der Waals surface area (Å²) >= 11 is 0. The maximum absolute atomic E-state index is 12.4. The van der Waals surface area contributed by atoms with E-state index in [9.17, 15) is 9.90 Å². The van der Waals surface area contributed by atoms with Crippen molar-refractivity contribution in [3.63, 3.8) is 0 Å². The van der Waals surface area contributed by atoms with Gasteiger partial charge in [0, 0.05) is 38.9 Å². The molecule has 0 aliphatic heterocycles. The molecule has 2 aromatic carbocycles. The van der Waals surface area contributed by atoms with Gasteiger partial charge >= 0.3 is 0 Å². The zero-order valence-electron chi connectivity index (χ0n) is 12.6. The van der Waals surface area contributed by atoms with Gasteiger partial charge in [-0.1, -0.05) is 18.2 Å². The van der Waals surface area contributed by atoms with E-state index in [1.54, 1.807) is 24.1 Å². The van der Waals surface area contributed by atoms with Crippen molar-refractivity contribution in [2.45, 2.75) is 6.54 Å². The van der Waals surface area contributed by atoms with Crippen molar-refractivity contribution in [1.82, 2.24) is 4.90 Å². The standard InChI is InChI=1S/C17H20N2O2/c1-18(2)15-6-4-5-14(11-15)17(21)19(3)12-13-7-9-16(20)10-8-13/h4-11,20H,12H2,1-3H3. The molecule has 0 heterocycles. The Morgan fingerprint density at radius 2 is 1.71 bits per heavy atom. The summed E-state index contributed by atoms with van der Waals surface area (Å²) < 4.78 is 0. The van der Waals surface area contributed by atoms with Gasteiger partial charge in [0.25, 0.3) is 5.91 Å². The molecule has 2 rings (SSSR count). The van der Waals surface area contributed by atoms with Crippen molar-refractivity contribution in [3.8, 4) is 5.75 Å². The van der Waals surface area contributed by atoms with Crippen LogP contribution in [0.15, 0.2) is 48.5 Å². The molecule has 1 amide bonds. The number of anilines is 1. The summed E-state index contributed by atoms with van der Waals surface area (Å²) in [7, 11) is 5.67. The molecular weight excluding hydrogens is 264 g/mol. The summed E-state index contributed by atoms with van der Waals surface area (Å²) in [6.07, 6.45) is 0. The number of hydrogen-bond donors (Lipinski definition) is 1. The van der Waals surface area contributed by atoms with E-state index >= 15 is 0 Å². The molecule has 0 aliphatic rings. The summed E-state index contributed by atoms with van der Waals surface area (Å²) in [5.74, 6) is 0.207. The number of amides is 1. The lowest BCUT2D eigenvalue weighted by atomic mass is 10.1. The average molecular weight is 284 g/mol. The Labute approximate surface area is 125 Å². The fraction of sp³-hybridized carbons (Fsp3) is 0.235. The van der Waals surface area contributed by atoms with Crippen LogP contribution >= 0.6 is 0 Å². The van der Waals surface area contributed by atoms with Gasteiger partial charge in [0.1, 0.15) is 5.75 Å². The Hall–Kier alpha value is -2.49. The average Bonchev–Trinajstić information content (AvgIpc) is 2.49. The highest BCUT2D eigenvalue weighted by atomic mass is 16.3. The number of carbonyl (C=O) groups is 1. The second-order valence-corrected chi connectivity index (χ2v) is 5.27. The summed E-state index contributed by atoms with van der Waals surface area (Å²) in [6.45, 7) is 0.505. The predicted molar refractivity (Wildman–Crippen MR) is 84.7 cm³/mol. The number of benzene rings is 2. The van der Waals surface area contributed by atoms with Crippen molar-refractivity contribution in [1.29, 1.82) is 0 Å². The Morgan fingerprint density at radius 3 is 2.33 bits per heavy atom. The van der Waals surface area contributed by atoms with E-state index in [2.05, 4.69) is 0 Å². The van der Waals surface area contributed by atoms with E-state index in [4.69, 9.17) is 0 Å². The van der Waals surface area contributed by atoms with Crippen LogP contribution in [0.4, 0.5) is 5.69 Å². The van der Waals surface area contributed by atoms with E-state index in [1.807, 2.05) is 55.4 Å². The van der Waals surface area contributed by atoms with Crippen molar-refractivity contribution in [2.75, 3.05) is 26.0 Å². The van der Waals surface area contributed by atoms with E-state index in [1.165, 1.54) is 0 Å². The van der Waals surface area contributed by atoms with Crippen molar-refractivity contribution < 1.29 is 9.90 Å². The fourth-order valence-corrected chi connectivity index (χ4v) is 2.08. The molecule has 4 heteroatoms. The van der Waals surface area contributed by atoms with Gasteiger partial charge in [-0.3, -0.25) is 4.79 Å². The van der Waals surface area contributed by atoms with E-state index < -0.39 is 0 Å². The molecule has 0 bridgehead atoms. The van der Waals surface area contributed by atoms with Crippen LogP contribution in [0.2, 0.25) is 0 Å². The molecule has 0 atom stereocenters. The highest BCUT2D eigenvalue weighted by Crippen LogP contribution is 2.16. The Bertz CT molecular complexity index is 621. The van der Waals surface area contributed by atoms with Crippen LogP contribution in [-0.4, -0.2) is 37.1 Å². The Kier molecular flexibility index (Phi) is 4.48. The first-order valence-corrected chi connectivity index (χ1v) is 6.78. The minimum atomic E-state index is -0.0215. The molecule has 0 saturated heterocycles. The molecule has 110 valence electrons. The summed E-state index contributed by atoms with van der Waals surface area (Å²) in [5.41, 5.74) is 2.65. The Morgan fingerprint density at radius 1 is 1.05 bits per heavy atom. The van der Waals surface area contributed by atoms with Crippen LogP contribution in [0.25, 0.3) is 0 Å². The van der Waals surface area contributed by atoms with E-state index in [0.29, 0.717) is 12.1 Å². The zero-order chi connectivity index (χ0) is 15.4. The summed E-state index contributed by atoms with van der Waals surface area (Å²) in [5, 5.41) is 9.28. The largest absolute Gasteiger partial charge is 0.508 e. The topological polar surface area (TPSA) is 43.8 Å². The van der Waals surface area contributed by atoms with Crippen LogP contribution < -0.4 is 4.90 Å². The minimum absolute atomic E-state index is 0.0215. The van der Waals surface area contributed by atoms with Crippen molar-refractivity contribution >= 4 is 11.6 Å². The van der Waals surface area contributed by atoms with Gasteiger partial charge in [-0.25, -0.2) is 0 Å². The molecule has 1 N–H and O–H groups in total. The van der Waals surface area contributed by atoms with E-state index in [0.717, 1.165) is 11.3 Å². The van der Waals surface area contributed by atoms with Gasteiger partial charge in [0.2, 0.25) is 0 Å². The number of nitrogens with zero attached hydrogens (tertiary/aromatic N) is 2. The molecule has 0 fully saturated rings. The van der Waals surface area contributed by atoms with Gasteiger partial charge in [-0.2, -0.15) is 0 Å². The van der Waals surface area contributed by atoms with Crippen LogP contribution in [0.1, 0.15) is 15.9 Å². The van der Waals surface area contributed by atoms with Gasteiger partial charge in [-0.15, -0.1) is 0 Å². The second-order valence-electron chi connectivity index (χ2n) is 5.27. The molecule has 2 aromatic rings. The number of hydrogen-bond acceptors (Lipinski definition) is 3. The van der Waals surface area contributed by atoms with Gasteiger partial charge in [0.05, 0.1) is 0 Å². The highest BCUT2D eigenvalue weighted by Gasteiger charge is 2.12. The molecule has 21 heavy (non-hydrogen) atoms. The van der Waals surface area contributed by atoms with Crippen LogP contribution in [0.3, 0.4) is 0 Å². The maximum atomic E-state index is 12.4. The van der Waals surface area contributed by atoms with Crippen molar-refractivity contribution in [3.05, 3.63) is 59.7 Å². The van der Waals surface area contributed by atoms with Crippen LogP contribution in [-0.2, 0) is 6.54 Å². The third-order valence-corrected chi connectivity index (χ3v) is 3.31. The number of rotatable bonds is 4. The maximum Gasteiger partial charge on any atom is 0.253 e. The monoisotopic (exact) mass is 284 g/mol. The summed E-state index contributed by atoms with van der Waals surface area (Å²) in [4.78, 5) is 16.1. The molecule has 0 saturated carbocycles. The van der Waals surface area contributed by atoms with Crippen molar-refractivity contribution in [2.24, 2.45) is 0 Å². The minimum Gasteiger partial charge on any atom is -0.508 e. The number of aromatic hydroxyl groups is 1. The number of carbonyl (C=O) groups excluding carboxylic acids is 1. The fourth-order valence-electron chi connectivity index (χ4n) is 2.08. The first kappa shape index (κ1) is 14.9. The highest BCUT2D eigenvalue weighted by molar-refractivity contribution is 5.95. The van der Waals surface area contributed by atoms with Crippen LogP contribution in [0.5, 0.6) is 5.75 Å². The second kappa shape index (κ2) is 6.31. The molecule has 4 nitrogen and oxygen atoms in total. The third-order valence-electron chi connectivity index (χ3n) is 3.31. The lowest BCUT2D eigenvalue weighted by Gasteiger charge is -2.19. The number of phenols is 1. The smallest absolute Gasteiger partial charge is 0.253 e. The quantitative estimate of drug-likeness (QED) is 0.939. The normalized spacial score (nSPS) is 10.2. The lowest BCUT2D eigenvalue weighted by molar-refractivity contribution is 0.0785. The van der Waals surface area contributed by atoms with E-state index in [-0.39, 0.29) is 11.7 Å².